The van der Waals surface area contributed by atoms with Crippen LogP contribution in [0.2, 0.25) is 0 Å². The van der Waals surface area contributed by atoms with Gasteiger partial charge in [0.15, 0.2) is 0 Å². The van der Waals surface area contributed by atoms with E-state index in [1.165, 1.54) is 17.7 Å². The molecule has 0 spiro atoms. The largest absolute Gasteiger partial charge is 0.336 e. The predicted octanol–water partition coefficient (Wildman–Crippen LogP) is 0.00220. The topological polar surface area (TPSA) is 64.7 Å². The monoisotopic (exact) mass is 268 g/mol. The van der Waals surface area contributed by atoms with Crippen molar-refractivity contribution in [1.82, 2.24) is 20.4 Å². The maximum absolute atomic E-state index is 12.1. The molecule has 0 aromatic carbocycles. The molecule has 6 heteroatoms. The first-order valence-electron chi connectivity index (χ1n) is 7.24. The summed E-state index contributed by atoms with van der Waals surface area (Å²) in [5.74, 6) is -0.0820. The van der Waals surface area contributed by atoms with E-state index < -0.39 is 0 Å². The Morgan fingerprint density at radius 3 is 2.89 bits per heavy atom. The fraction of sp³-hybridized carbons (Fsp3) is 0.846. The van der Waals surface area contributed by atoms with Crippen LogP contribution in [-0.4, -0.2) is 67.0 Å². The van der Waals surface area contributed by atoms with Gasteiger partial charge in [-0.2, -0.15) is 0 Å². The summed E-state index contributed by atoms with van der Waals surface area (Å²) in [5, 5.41) is 6.12. The Morgan fingerprint density at radius 1 is 1.47 bits per heavy atom. The van der Waals surface area contributed by atoms with E-state index >= 15 is 0 Å². The molecular formula is C13H24N4O2. The summed E-state index contributed by atoms with van der Waals surface area (Å²) in [7, 11) is 0. The van der Waals surface area contributed by atoms with Crippen molar-refractivity contribution in [2.24, 2.45) is 0 Å². The zero-order valence-corrected chi connectivity index (χ0v) is 11.7. The van der Waals surface area contributed by atoms with Crippen molar-refractivity contribution in [2.45, 2.75) is 32.2 Å². The van der Waals surface area contributed by atoms with E-state index in [2.05, 4.69) is 22.5 Å². The van der Waals surface area contributed by atoms with E-state index in [0.29, 0.717) is 25.7 Å². The summed E-state index contributed by atoms with van der Waals surface area (Å²) in [6.45, 7) is 6.41. The summed E-state index contributed by atoms with van der Waals surface area (Å²) in [6.07, 6.45) is 3.41. The van der Waals surface area contributed by atoms with Gasteiger partial charge in [-0.15, -0.1) is 0 Å². The summed E-state index contributed by atoms with van der Waals surface area (Å²) < 4.78 is 0. The van der Waals surface area contributed by atoms with Crippen LogP contribution in [0.3, 0.4) is 0 Å². The van der Waals surface area contributed by atoms with Crippen LogP contribution in [-0.2, 0) is 4.79 Å². The van der Waals surface area contributed by atoms with E-state index in [1.54, 1.807) is 0 Å². The third kappa shape index (κ3) is 3.91. The fourth-order valence-corrected chi connectivity index (χ4v) is 2.76. The highest BCUT2D eigenvalue weighted by Gasteiger charge is 2.28. The van der Waals surface area contributed by atoms with Crippen LogP contribution in [0.4, 0.5) is 4.79 Å². The molecule has 0 radical (unpaired) electrons. The van der Waals surface area contributed by atoms with E-state index in [-0.39, 0.29) is 11.9 Å². The van der Waals surface area contributed by atoms with Gasteiger partial charge in [0.05, 0.1) is 6.54 Å². The van der Waals surface area contributed by atoms with Crippen LogP contribution in [0.1, 0.15) is 26.2 Å². The number of rotatable bonds is 6. The summed E-state index contributed by atoms with van der Waals surface area (Å²) in [4.78, 5) is 27.1. The average Bonchev–Trinajstić information content (AvgIpc) is 3.00. The molecule has 0 saturated carbocycles. The van der Waals surface area contributed by atoms with Gasteiger partial charge in [-0.3, -0.25) is 14.6 Å². The molecule has 19 heavy (non-hydrogen) atoms. The van der Waals surface area contributed by atoms with E-state index in [9.17, 15) is 9.59 Å². The Balaban J connectivity index is 1.84. The fourth-order valence-electron chi connectivity index (χ4n) is 2.76. The van der Waals surface area contributed by atoms with Gasteiger partial charge in [0.25, 0.3) is 0 Å². The maximum Gasteiger partial charge on any atom is 0.324 e. The molecule has 2 saturated heterocycles. The molecule has 0 bridgehead atoms. The Kier molecular flexibility index (Phi) is 5.15. The third-order valence-electron chi connectivity index (χ3n) is 3.70. The summed E-state index contributed by atoms with van der Waals surface area (Å²) >= 11 is 0. The Hall–Kier alpha value is -1.14. The smallest absolute Gasteiger partial charge is 0.324 e. The highest BCUT2D eigenvalue weighted by atomic mass is 16.2. The summed E-state index contributed by atoms with van der Waals surface area (Å²) in [5.41, 5.74) is 0. The molecule has 2 aliphatic rings. The molecule has 2 N–H and O–H groups in total. The molecule has 0 aromatic heterocycles. The molecule has 3 amide bonds. The van der Waals surface area contributed by atoms with Crippen LogP contribution in [0.5, 0.6) is 0 Å². The van der Waals surface area contributed by atoms with Gasteiger partial charge >= 0.3 is 6.03 Å². The number of carbonyl (C=O) groups excluding carboxylic acids is 2. The Bertz CT molecular complexity index is 329. The Morgan fingerprint density at radius 2 is 2.32 bits per heavy atom. The van der Waals surface area contributed by atoms with E-state index in [4.69, 9.17) is 0 Å². The quantitative estimate of drug-likeness (QED) is 0.712. The normalized spacial score (nSPS) is 23.2. The van der Waals surface area contributed by atoms with Crippen LogP contribution in [0.15, 0.2) is 0 Å². The molecule has 2 heterocycles. The minimum absolute atomic E-state index is 0.0820. The predicted molar refractivity (Wildman–Crippen MR) is 72.9 cm³/mol. The molecular weight excluding hydrogens is 244 g/mol. The minimum atomic E-state index is -0.250. The number of carbonyl (C=O) groups is 2. The van der Waals surface area contributed by atoms with Gasteiger partial charge in [-0.05, 0) is 32.4 Å². The lowest BCUT2D eigenvalue weighted by Gasteiger charge is -2.26. The number of nitrogens with one attached hydrogen (secondary N) is 2. The highest BCUT2D eigenvalue weighted by Crippen LogP contribution is 2.08. The van der Waals surface area contributed by atoms with E-state index in [0.717, 1.165) is 26.1 Å². The number of nitrogens with zero attached hydrogens (tertiary/aromatic N) is 2. The average molecular weight is 268 g/mol. The van der Waals surface area contributed by atoms with Crippen molar-refractivity contribution in [1.29, 1.82) is 0 Å². The van der Waals surface area contributed by atoms with Crippen LogP contribution < -0.4 is 10.6 Å². The number of amides is 3. The SMILES string of the molecule is CCCN(CC(=O)N1CCNC1=O)CC1CCCN1. The number of hydrogen-bond donors (Lipinski definition) is 2. The van der Waals surface area contributed by atoms with Crippen molar-refractivity contribution in [3.8, 4) is 0 Å². The molecule has 2 aliphatic heterocycles. The molecule has 1 atom stereocenters. The first-order chi connectivity index (χ1) is 9.20. The molecule has 0 aromatic rings. The molecule has 2 rings (SSSR count). The second-order valence-corrected chi connectivity index (χ2v) is 5.31. The van der Waals surface area contributed by atoms with Gasteiger partial charge in [-0.1, -0.05) is 6.92 Å². The number of hydrogen-bond acceptors (Lipinski definition) is 4. The first-order valence-corrected chi connectivity index (χ1v) is 7.24. The van der Waals surface area contributed by atoms with Crippen molar-refractivity contribution >= 4 is 11.9 Å². The lowest BCUT2D eigenvalue weighted by atomic mass is 10.2. The molecule has 2 fully saturated rings. The zero-order chi connectivity index (χ0) is 13.7. The van der Waals surface area contributed by atoms with Crippen LogP contribution in [0.25, 0.3) is 0 Å². The second kappa shape index (κ2) is 6.86. The Labute approximate surface area is 114 Å². The second-order valence-electron chi connectivity index (χ2n) is 5.31. The maximum atomic E-state index is 12.1. The van der Waals surface area contributed by atoms with Gasteiger partial charge in [0, 0.05) is 25.7 Å². The van der Waals surface area contributed by atoms with Gasteiger partial charge in [0.1, 0.15) is 0 Å². The standard InChI is InChI=1S/C13H24N4O2/c1-2-7-16(9-11-4-3-5-14-11)10-12(18)17-8-6-15-13(17)19/h11,14H,2-10H2,1H3,(H,15,19). The van der Waals surface area contributed by atoms with Gasteiger partial charge < -0.3 is 10.6 Å². The lowest BCUT2D eigenvalue weighted by Crippen LogP contribution is -2.45. The molecule has 0 aliphatic carbocycles. The highest BCUT2D eigenvalue weighted by molar-refractivity contribution is 5.96. The summed E-state index contributed by atoms with van der Waals surface area (Å²) in [6, 6.07) is 0.243. The van der Waals surface area contributed by atoms with Gasteiger partial charge in [0.2, 0.25) is 5.91 Å². The van der Waals surface area contributed by atoms with Gasteiger partial charge in [-0.25, -0.2) is 4.79 Å². The van der Waals surface area contributed by atoms with Crippen LogP contribution >= 0.6 is 0 Å². The number of urea groups is 1. The first kappa shape index (κ1) is 14.3. The number of imide groups is 1. The molecule has 6 nitrogen and oxygen atoms in total. The minimum Gasteiger partial charge on any atom is -0.336 e. The van der Waals surface area contributed by atoms with E-state index in [1.807, 2.05) is 0 Å². The van der Waals surface area contributed by atoms with Crippen LogP contribution in [0, 0.1) is 0 Å². The van der Waals surface area contributed by atoms with Crippen molar-refractivity contribution in [3.05, 3.63) is 0 Å². The third-order valence-corrected chi connectivity index (χ3v) is 3.70. The lowest BCUT2D eigenvalue weighted by molar-refractivity contribution is -0.128. The molecule has 108 valence electrons. The van der Waals surface area contributed by atoms with Crippen molar-refractivity contribution < 1.29 is 9.59 Å². The van der Waals surface area contributed by atoms with Crippen molar-refractivity contribution in [2.75, 3.05) is 39.3 Å². The van der Waals surface area contributed by atoms with Crippen molar-refractivity contribution in [3.63, 3.8) is 0 Å². The zero-order valence-electron chi connectivity index (χ0n) is 11.7. The molecule has 1 unspecified atom stereocenters.